The first-order valence-corrected chi connectivity index (χ1v) is 7.99. The minimum Gasteiger partial charge on any atom is -0.199 e. The molecule has 3 aromatic rings. The Labute approximate surface area is 123 Å². The molecule has 0 bridgehead atoms. The number of benzene rings is 2. The molecule has 1 aromatic heterocycles. The van der Waals surface area contributed by atoms with Crippen LogP contribution in [0.2, 0.25) is 0 Å². The molecule has 21 heavy (non-hydrogen) atoms. The Morgan fingerprint density at radius 1 is 0.952 bits per heavy atom. The minimum atomic E-state index is -3.75. The van der Waals surface area contributed by atoms with Gasteiger partial charge in [-0.3, -0.25) is 0 Å². The van der Waals surface area contributed by atoms with Gasteiger partial charge in [-0.05, 0) is 55.7 Å². The number of hydrogen-bond acceptors (Lipinski definition) is 4. The zero-order valence-corrected chi connectivity index (χ0v) is 12.8. The molecule has 0 fully saturated rings. The monoisotopic (exact) mass is 301 g/mol. The second-order valence-corrected chi connectivity index (χ2v) is 6.86. The maximum absolute atomic E-state index is 12.9. The average Bonchev–Trinajstić information content (AvgIpc) is 2.87. The van der Waals surface area contributed by atoms with E-state index in [1.807, 2.05) is 19.9 Å². The third kappa shape index (κ3) is 2.12. The molecule has 1 heterocycles. The SMILES string of the molecule is Cc1cc(C)c(S(=O)(=O)n2nnc3ccccc32)cc1C. The van der Waals surface area contributed by atoms with Crippen molar-refractivity contribution in [1.82, 2.24) is 14.4 Å². The van der Waals surface area contributed by atoms with E-state index in [4.69, 9.17) is 0 Å². The molecule has 2 aromatic carbocycles. The fourth-order valence-electron chi connectivity index (χ4n) is 2.33. The van der Waals surface area contributed by atoms with Crippen LogP contribution in [0.3, 0.4) is 0 Å². The highest BCUT2D eigenvalue weighted by Gasteiger charge is 2.23. The van der Waals surface area contributed by atoms with Gasteiger partial charge in [-0.25, -0.2) is 0 Å². The molecule has 0 spiro atoms. The van der Waals surface area contributed by atoms with E-state index in [1.54, 1.807) is 37.3 Å². The molecule has 0 unspecified atom stereocenters. The van der Waals surface area contributed by atoms with E-state index < -0.39 is 10.0 Å². The average molecular weight is 301 g/mol. The first kappa shape index (κ1) is 13.8. The zero-order chi connectivity index (χ0) is 15.2. The molecular formula is C15H15N3O2S. The van der Waals surface area contributed by atoms with E-state index >= 15 is 0 Å². The van der Waals surface area contributed by atoms with Crippen molar-refractivity contribution in [2.75, 3.05) is 0 Å². The molecule has 0 radical (unpaired) electrons. The van der Waals surface area contributed by atoms with Gasteiger partial charge in [0.2, 0.25) is 0 Å². The molecule has 0 aliphatic carbocycles. The van der Waals surface area contributed by atoms with Gasteiger partial charge in [0, 0.05) is 0 Å². The standard InChI is InChI=1S/C15H15N3O2S/c1-10-8-12(3)15(9-11(10)2)21(19,20)18-14-7-5-4-6-13(14)16-17-18/h4-9H,1-3H3. The smallest absolute Gasteiger partial charge is 0.199 e. The lowest BCUT2D eigenvalue weighted by atomic mass is 10.1. The molecule has 0 aliphatic heterocycles. The fraction of sp³-hybridized carbons (Fsp3) is 0.200. The van der Waals surface area contributed by atoms with Gasteiger partial charge < -0.3 is 0 Å². The lowest BCUT2D eigenvalue weighted by Crippen LogP contribution is -2.16. The van der Waals surface area contributed by atoms with Crippen molar-refractivity contribution in [1.29, 1.82) is 0 Å². The highest BCUT2D eigenvalue weighted by Crippen LogP contribution is 2.24. The summed E-state index contributed by atoms with van der Waals surface area (Å²) in [4.78, 5) is 0.265. The van der Waals surface area contributed by atoms with E-state index in [1.165, 1.54) is 0 Å². The third-order valence-corrected chi connectivity index (χ3v) is 5.34. The van der Waals surface area contributed by atoms with Crippen LogP contribution in [-0.4, -0.2) is 22.8 Å². The predicted octanol–water partition coefficient (Wildman–Crippen LogP) is 2.59. The Morgan fingerprint density at radius 2 is 1.62 bits per heavy atom. The fourth-order valence-corrected chi connectivity index (χ4v) is 3.85. The van der Waals surface area contributed by atoms with Crippen molar-refractivity contribution in [3.63, 3.8) is 0 Å². The summed E-state index contributed by atoms with van der Waals surface area (Å²) in [6.45, 7) is 5.65. The Hall–Kier alpha value is -2.21. The van der Waals surface area contributed by atoms with Gasteiger partial charge in [-0.1, -0.05) is 23.4 Å². The highest BCUT2D eigenvalue weighted by molar-refractivity contribution is 7.90. The normalized spacial score (nSPS) is 12.0. The lowest BCUT2D eigenvalue weighted by molar-refractivity contribution is 0.578. The molecule has 0 aliphatic rings. The first-order chi connectivity index (χ1) is 9.91. The Morgan fingerprint density at radius 3 is 2.38 bits per heavy atom. The van der Waals surface area contributed by atoms with Crippen LogP contribution < -0.4 is 0 Å². The van der Waals surface area contributed by atoms with Gasteiger partial charge >= 0.3 is 0 Å². The quantitative estimate of drug-likeness (QED) is 0.730. The highest BCUT2D eigenvalue weighted by atomic mass is 32.2. The lowest BCUT2D eigenvalue weighted by Gasteiger charge is -2.10. The Bertz CT molecular complexity index is 943. The number of nitrogens with zero attached hydrogens (tertiary/aromatic N) is 3. The molecule has 6 heteroatoms. The number of rotatable bonds is 2. The molecule has 3 rings (SSSR count). The van der Waals surface area contributed by atoms with Crippen LogP contribution in [0.25, 0.3) is 11.0 Å². The molecule has 108 valence electrons. The van der Waals surface area contributed by atoms with Gasteiger partial charge in [0.05, 0.1) is 4.90 Å². The molecule has 0 N–H and O–H groups in total. The van der Waals surface area contributed by atoms with Crippen molar-refractivity contribution < 1.29 is 8.42 Å². The van der Waals surface area contributed by atoms with Crippen LogP contribution in [-0.2, 0) is 10.0 Å². The van der Waals surface area contributed by atoms with Gasteiger partial charge in [-0.2, -0.15) is 8.42 Å². The van der Waals surface area contributed by atoms with Crippen molar-refractivity contribution in [3.8, 4) is 0 Å². The van der Waals surface area contributed by atoms with E-state index in [0.717, 1.165) is 15.2 Å². The van der Waals surface area contributed by atoms with Crippen LogP contribution in [0.1, 0.15) is 16.7 Å². The Kier molecular flexibility index (Phi) is 3.06. The minimum absolute atomic E-state index is 0.265. The maximum Gasteiger partial charge on any atom is 0.285 e. The van der Waals surface area contributed by atoms with E-state index in [0.29, 0.717) is 16.6 Å². The van der Waals surface area contributed by atoms with Gasteiger partial charge in [0.25, 0.3) is 10.0 Å². The predicted molar refractivity (Wildman–Crippen MR) is 80.8 cm³/mol. The molecule has 0 saturated carbocycles. The van der Waals surface area contributed by atoms with Crippen LogP contribution in [0.15, 0.2) is 41.3 Å². The summed E-state index contributed by atoms with van der Waals surface area (Å²) in [5, 5.41) is 7.73. The molecule has 0 amide bonds. The van der Waals surface area contributed by atoms with Crippen molar-refractivity contribution in [3.05, 3.63) is 53.1 Å². The number of fused-ring (bicyclic) bond motifs is 1. The number of hydrogen-bond donors (Lipinski definition) is 0. The van der Waals surface area contributed by atoms with Crippen LogP contribution in [0.4, 0.5) is 0 Å². The zero-order valence-electron chi connectivity index (χ0n) is 12.0. The van der Waals surface area contributed by atoms with E-state index in [9.17, 15) is 8.42 Å². The molecule has 0 atom stereocenters. The second kappa shape index (κ2) is 4.66. The van der Waals surface area contributed by atoms with Crippen molar-refractivity contribution in [2.45, 2.75) is 25.7 Å². The van der Waals surface area contributed by atoms with Crippen LogP contribution in [0.5, 0.6) is 0 Å². The largest absolute Gasteiger partial charge is 0.285 e. The summed E-state index contributed by atoms with van der Waals surface area (Å²) < 4.78 is 26.7. The summed E-state index contributed by atoms with van der Waals surface area (Å²) >= 11 is 0. The summed E-state index contributed by atoms with van der Waals surface area (Å²) in [6, 6.07) is 10.6. The van der Waals surface area contributed by atoms with E-state index in [-0.39, 0.29) is 4.90 Å². The van der Waals surface area contributed by atoms with Gasteiger partial charge in [0.15, 0.2) is 0 Å². The number of para-hydroxylation sites is 1. The summed E-state index contributed by atoms with van der Waals surface area (Å²) in [6.07, 6.45) is 0. The summed E-state index contributed by atoms with van der Waals surface area (Å²) in [5.41, 5.74) is 3.74. The topological polar surface area (TPSA) is 64.8 Å². The van der Waals surface area contributed by atoms with Crippen molar-refractivity contribution in [2.24, 2.45) is 0 Å². The molecule has 5 nitrogen and oxygen atoms in total. The van der Waals surface area contributed by atoms with Gasteiger partial charge in [-0.15, -0.1) is 9.19 Å². The number of aromatic nitrogens is 3. The molecular weight excluding hydrogens is 286 g/mol. The summed E-state index contributed by atoms with van der Waals surface area (Å²) in [7, 11) is -3.75. The van der Waals surface area contributed by atoms with Crippen molar-refractivity contribution >= 4 is 21.1 Å². The maximum atomic E-state index is 12.9. The molecule has 0 saturated heterocycles. The Balaban J connectivity index is 2.29. The third-order valence-electron chi connectivity index (χ3n) is 3.62. The van der Waals surface area contributed by atoms with Gasteiger partial charge in [0.1, 0.15) is 11.0 Å². The first-order valence-electron chi connectivity index (χ1n) is 6.55. The van der Waals surface area contributed by atoms with Crippen LogP contribution in [0, 0.1) is 20.8 Å². The van der Waals surface area contributed by atoms with E-state index in [2.05, 4.69) is 10.3 Å². The second-order valence-electron chi connectivity index (χ2n) is 5.13. The number of aryl methyl sites for hydroxylation is 3. The summed E-state index contributed by atoms with van der Waals surface area (Å²) in [5.74, 6) is 0. The van der Waals surface area contributed by atoms with Crippen LogP contribution >= 0.6 is 0 Å².